The fourth-order valence-corrected chi connectivity index (χ4v) is 4.50. The molecular formula is C32H27N7O3. The number of aryl methyl sites for hydroxylation is 2. The summed E-state index contributed by atoms with van der Waals surface area (Å²) in [5, 5.41) is 24.5. The molecule has 0 unspecified atom stereocenters. The summed E-state index contributed by atoms with van der Waals surface area (Å²) in [6, 6.07) is 29.2. The van der Waals surface area contributed by atoms with Crippen LogP contribution >= 0.6 is 0 Å². The van der Waals surface area contributed by atoms with Gasteiger partial charge < -0.3 is 20.5 Å². The van der Waals surface area contributed by atoms with Crippen molar-refractivity contribution in [1.82, 2.24) is 19.7 Å². The Hall–Kier alpha value is -5.90. The first-order valence-corrected chi connectivity index (χ1v) is 13.2. The molecule has 208 valence electrons. The molecule has 10 heteroatoms. The van der Waals surface area contributed by atoms with Gasteiger partial charge in [0.15, 0.2) is 0 Å². The number of rotatable bonds is 7. The first-order valence-electron chi connectivity index (χ1n) is 13.2. The summed E-state index contributed by atoms with van der Waals surface area (Å²) in [7, 11) is 0. The summed E-state index contributed by atoms with van der Waals surface area (Å²) in [5.74, 6) is 1.46. The number of ether oxygens (including phenoxy) is 1. The molecule has 2 aromatic heterocycles. The molecule has 4 N–H and O–H groups in total. The maximum absolute atomic E-state index is 13.1. The molecule has 0 radical (unpaired) electrons. The number of hydrogen-bond acceptors (Lipinski definition) is 7. The number of anilines is 4. The number of carbonyl (C=O) groups excluding carboxylic acids is 1. The summed E-state index contributed by atoms with van der Waals surface area (Å²) in [5.41, 5.74) is 4.36. The third-order valence-corrected chi connectivity index (χ3v) is 6.47. The van der Waals surface area contributed by atoms with Crippen molar-refractivity contribution >= 4 is 39.9 Å². The van der Waals surface area contributed by atoms with Crippen LogP contribution in [0.2, 0.25) is 0 Å². The highest BCUT2D eigenvalue weighted by Crippen LogP contribution is 2.34. The third kappa shape index (κ3) is 5.82. The van der Waals surface area contributed by atoms with Crippen LogP contribution in [0.1, 0.15) is 11.1 Å². The van der Waals surface area contributed by atoms with Crippen LogP contribution in [0.15, 0.2) is 103 Å². The first-order chi connectivity index (χ1) is 20.4. The second-order valence-electron chi connectivity index (χ2n) is 9.69. The molecule has 4 aromatic carbocycles. The van der Waals surface area contributed by atoms with Crippen LogP contribution in [0.5, 0.6) is 17.5 Å². The largest absolute Gasteiger partial charge is 0.492 e. The molecule has 0 spiro atoms. The summed E-state index contributed by atoms with van der Waals surface area (Å²) in [6.45, 7) is 4.00. The van der Waals surface area contributed by atoms with Crippen LogP contribution in [0.3, 0.4) is 0 Å². The quantitative estimate of drug-likeness (QED) is 0.162. The number of aromatic nitrogens is 4. The summed E-state index contributed by atoms with van der Waals surface area (Å²) in [6.07, 6.45) is 1.63. The Labute approximate surface area is 241 Å². The standard InChI is InChI=1S/C32H27N7O3/c1-20-10-12-23(13-11-20)39-28(19-29(40)38-39)36-32(41)35-26-14-15-27(25-9-4-3-8-24(25)26)42-30-16-17-33-31(37-30)34-22-7-5-6-21(2)18-22/h3-19H,1-2H3,(H,38,40)(H,33,34,37)(H2,35,36,41). The molecule has 0 fully saturated rings. The maximum atomic E-state index is 13.1. The number of urea groups is 1. The lowest BCUT2D eigenvalue weighted by Gasteiger charge is -2.14. The van der Waals surface area contributed by atoms with Crippen molar-refractivity contribution in [2.24, 2.45) is 0 Å². The van der Waals surface area contributed by atoms with Crippen LogP contribution in [-0.2, 0) is 0 Å². The van der Waals surface area contributed by atoms with Crippen molar-refractivity contribution in [2.75, 3.05) is 16.0 Å². The van der Waals surface area contributed by atoms with E-state index in [0.29, 0.717) is 34.8 Å². The molecule has 0 bridgehead atoms. The van der Waals surface area contributed by atoms with E-state index in [9.17, 15) is 9.90 Å². The van der Waals surface area contributed by atoms with Crippen LogP contribution < -0.4 is 20.7 Å². The van der Waals surface area contributed by atoms with Gasteiger partial charge in [0.2, 0.25) is 17.7 Å². The maximum Gasteiger partial charge on any atom is 0.324 e. The number of amides is 2. The van der Waals surface area contributed by atoms with E-state index in [1.807, 2.05) is 86.6 Å². The zero-order valence-electron chi connectivity index (χ0n) is 22.9. The molecule has 0 aliphatic heterocycles. The van der Waals surface area contributed by atoms with E-state index >= 15 is 0 Å². The van der Waals surface area contributed by atoms with Gasteiger partial charge in [0, 0.05) is 34.8 Å². The van der Waals surface area contributed by atoms with E-state index in [2.05, 4.69) is 31.0 Å². The number of hydrogen-bond donors (Lipinski definition) is 4. The zero-order chi connectivity index (χ0) is 29.1. The van der Waals surface area contributed by atoms with Crippen molar-refractivity contribution < 1.29 is 14.6 Å². The van der Waals surface area contributed by atoms with Crippen LogP contribution in [0.4, 0.5) is 27.9 Å². The van der Waals surface area contributed by atoms with Crippen molar-refractivity contribution in [1.29, 1.82) is 0 Å². The molecule has 0 atom stereocenters. The molecule has 10 nitrogen and oxygen atoms in total. The van der Waals surface area contributed by atoms with Crippen molar-refractivity contribution in [3.8, 4) is 23.2 Å². The van der Waals surface area contributed by atoms with E-state index in [4.69, 9.17) is 4.74 Å². The first kappa shape index (κ1) is 26.3. The minimum atomic E-state index is -0.496. The predicted molar refractivity (Wildman–Crippen MR) is 163 cm³/mol. The third-order valence-electron chi connectivity index (χ3n) is 6.47. The van der Waals surface area contributed by atoms with Crippen molar-refractivity contribution in [3.63, 3.8) is 0 Å². The highest BCUT2D eigenvalue weighted by atomic mass is 16.5. The lowest BCUT2D eigenvalue weighted by atomic mass is 10.1. The predicted octanol–water partition coefficient (Wildman–Crippen LogP) is 7.32. The lowest BCUT2D eigenvalue weighted by Crippen LogP contribution is -2.21. The second kappa shape index (κ2) is 11.3. The molecular weight excluding hydrogens is 530 g/mol. The molecule has 0 saturated carbocycles. The van der Waals surface area contributed by atoms with Crippen LogP contribution in [-0.4, -0.2) is 30.9 Å². The Morgan fingerprint density at radius 1 is 0.833 bits per heavy atom. The van der Waals surface area contributed by atoms with E-state index in [-0.39, 0.29) is 5.88 Å². The van der Waals surface area contributed by atoms with Gasteiger partial charge in [-0.1, -0.05) is 54.1 Å². The smallest absolute Gasteiger partial charge is 0.324 e. The Balaban J connectivity index is 1.21. The Morgan fingerprint density at radius 3 is 2.45 bits per heavy atom. The number of nitrogens with zero attached hydrogens (tertiary/aromatic N) is 4. The Bertz CT molecular complexity index is 1900. The Morgan fingerprint density at radius 2 is 1.64 bits per heavy atom. The van der Waals surface area contributed by atoms with E-state index in [0.717, 1.165) is 27.6 Å². The lowest BCUT2D eigenvalue weighted by molar-refractivity contribution is 0.262. The molecule has 0 saturated heterocycles. The van der Waals surface area contributed by atoms with Gasteiger partial charge in [-0.2, -0.15) is 4.98 Å². The van der Waals surface area contributed by atoms with Gasteiger partial charge >= 0.3 is 6.03 Å². The van der Waals surface area contributed by atoms with E-state index in [1.54, 1.807) is 24.4 Å². The van der Waals surface area contributed by atoms with Gasteiger partial charge in [-0.05, 0) is 55.8 Å². The van der Waals surface area contributed by atoms with Gasteiger partial charge in [-0.15, -0.1) is 5.10 Å². The number of nitrogens with one attached hydrogen (secondary N) is 3. The molecule has 6 rings (SSSR count). The molecule has 2 heterocycles. The summed E-state index contributed by atoms with van der Waals surface area (Å²) >= 11 is 0. The zero-order valence-corrected chi connectivity index (χ0v) is 22.9. The number of benzene rings is 4. The second-order valence-corrected chi connectivity index (χ2v) is 9.69. The van der Waals surface area contributed by atoms with Gasteiger partial charge in [-0.3, -0.25) is 5.32 Å². The van der Waals surface area contributed by atoms with E-state index < -0.39 is 6.03 Å². The topological polar surface area (TPSA) is 126 Å². The SMILES string of the molecule is Cc1ccc(-n2nc(O)cc2NC(=O)Nc2ccc(Oc3ccnc(Nc4cccc(C)c4)n3)c3ccccc23)cc1. The number of carbonyl (C=O) groups is 1. The number of fused-ring (bicyclic) bond motifs is 1. The normalized spacial score (nSPS) is 10.8. The average Bonchev–Trinajstić information content (AvgIpc) is 3.34. The Kier molecular flexibility index (Phi) is 7.08. The highest BCUT2D eigenvalue weighted by molar-refractivity contribution is 6.07. The van der Waals surface area contributed by atoms with Gasteiger partial charge in [0.1, 0.15) is 11.6 Å². The number of aromatic hydroxyl groups is 1. The minimum absolute atomic E-state index is 0.209. The fourth-order valence-electron chi connectivity index (χ4n) is 4.50. The molecule has 0 aliphatic carbocycles. The molecule has 2 amide bonds. The monoisotopic (exact) mass is 557 g/mol. The van der Waals surface area contributed by atoms with Gasteiger partial charge in [0.05, 0.1) is 11.4 Å². The summed E-state index contributed by atoms with van der Waals surface area (Å²) in [4.78, 5) is 21.9. The minimum Gasteiger partial charge on any atom is -0.492 e. The molecule has 6 aromatic rings. The van der Waals surface area contributed by atoms with E-state index in [1.165, 1.54) is 10.7 Å². The van der Waals surface area contributed by atoms with Gasteiger partial charge in [0.25, 0.3) is 0 Å². The average molecular weight is 558 g/mol. The highest BCUT2D eigenvalue weighted by Gasteiger charge is 2.15. The molecule has 42 heavy (non-hydrogen) atoms. The molecule has 0 aliphatic rings. The van der Waals surface area contributed by atoms with Crippen molar-refractivity contribution in [3.05, 3.63) is 114 Å². The van der Waals surface area contributed by atoms with Crippen molar-refractivity contribution in [2.45, 2.75) is 13.8 Å². The van der Waals surface area contributed by atoms with Crippen LogP contribution in [0, 0.1) is 13.8 Å². The van der Waals surface area contributed by atoms with Crippen LogP contribution in [0.25, 0.3) is 16.5 Å². The van der Waals surface area contributed by atoms with Gasteiger partial charge in [-0.25, -0.2) is 14.5 Å². The summed E-state index contributed by atoms with van der Waals surface area (Å²) < 4.78 is 7.63. The fraction of sp³-hybridized carbons (Fsp3) is 0.0625.